The molecule has 2 aromatic rings. The van der Waals surface area contributed by atoms with E-state index in [-0.39, 0.29) is 17.2 Å². The average molecular weight is 439 g/mol. The molecule has 9 heteroatoms. The van der Waals surface area contributed by atoms with Gasteiger partial charge in [-0.25, -0.2) is 17.8 Å². The van der Waals surface area contributed by atoms with E-state index in [0.717, 1.165) is 23.9 Å². The number of benzene rings is 1. The molecule has 29 heavy (non-hydrogen) atoms. The van der Waals surface area contributed by atoms with E-state index >= 15 is 0 Å². The molecular formula is C20H27FN4O2S2. The maximum absolute atomic E-state index is 13.8. The van der Waals surface area contributed by atoms with Crippen LogP contribution in [0.15, 0.2) is 34.2 Å². The third-order valence-corrected chi connectivity index (χ3v) is 7.62. The van der Waals surface area contributed by atoms with Crippen LogP contribution < -0.4 is 5.32 Å². The van der Waals surface area contributed by atoms with Crippen LogP contribution in [-0.4, -0.2) is 50.2 Å². The van der Waals surface area contributed by atoms with Gasteiger partial charge < -0.3 is 10.2 Å². The van der Waals surface area contributed by atoms with Gasteiger partial charge in [0.2, 0.25) is 0 Å². The van der Waals surface area contributed by atoms with Crippen LogP contribution in [0, 0.1) is 5.82 Å². The Balaban J connectivity index is 1.66. The van der Waals surface area contributed by atoms with Crippen LogP contribution in [0.2, 0.25) is 0 Å². The summed E-state index contributed by atoms with van der Waals surface area (Å²) >= 11 is 1.75. The van der Waals surface area contributed by atoms with Crippen molar-refractivity contribution in [2.24, 2.45) is 4.99 Å². The molecule has 158 valence electrons. The summed E-state index contributed by atoms with van der Waals surface area (Å²) in [6.07, 6.45) is 4.59. The topological polar surface area (TPSA) is 74.7 Å². The Morgan fingerprint density at radius 3 is 2.79 bits per heavy atom. The van der Waals surface area contributed by atoms with Gasteiger partial charge in [-0.2, -0.15) is 0 Å². The second-order valence-corrected chi connectivity index (χ2v) is 10.3. The average Bonchev–Trinajstić information content (AvgIpc) is 3.09. The van der Waals surface area contributed by atoms with Gasteiger partial charge >= 0.3 is 0 Å². The van der Waals surface area contributed by atoms with Crippen molar-refractivity contribution < 1.29 is 12.8 Å². The summed E-state index contributed by atoms with van der Waals surface area (Å²) in [7, 11) is -1.82. The number of thiazole rings is 1. The summed E-state index contributed by atoms with van der Waals surface area (Å²) in [5.41, 5.74) is 1.22. The highest BCUT2D eigenvalue weighted by atomic mass is 32.2. The van der Waals surface area contributed by atoms with Gasteiger partial charge in [0.1, 0.15) is 15.7 Å². The molecule has 0 saturated carbocycles. The maximum atomic E-state index is 13.8. The minimum atomic E-state index is -3.73. The molecule has 0 aliphatic heterocycles. The van der Waals surface area contributed by atoms with E-state index in [1.807, 2.05) is 18.9 Å². The first-order valence-corrected chi connectivity index (χ1v) is 12.3. The van der Waals surface area contributed by atoms with Crippen molar-refractivity contribution >= 4 is 27.1 Å². The molecule has 1 heterocycles. The number of aromatic nitrogens is 1. The summed E-state index contributed by atoms with van der Waals surface area (Å²) in [5.74, 6) is -0.361. The molecule has 3 rings (SSSR count). The molecule has 0 unspecified atom stereocenters. The number of fused-ring (bicyclic) bond motifs is 1. The van der Waals surface area contributed by atoms with Gasteiger partial charge in [-0.15, -0.1) is 11.3 Å². The van der Waals surface area contributed by atoms with Crippen LogP contribution in [0.25, 0.3) is 0 Å². The molecule has 1 aliphatic carbocycles. The Morgan fingerprint density at radius 1 is 1.31 bits per heavy atom. The number of nitrogens with one attached hydrogen (secondary N) is 1. The normalized spacial score (nSPS) is 14.5. The largest absolute Gasteiger partial charge is 0.357 e. The standard InChI is InChI=1S/C20H27FN4O2S2/c1-3-22-20(23-12-13-29(26,27)18-11-7-4-8-15(18)21)25(2)14-19-24-16-9-5-6-10-17(16)28-19/h4,7-8,11H,3,5-6,9-10,12-14H2,1-2H3,(H,22,23). The van der Waals surface area contributed by atoms with Gasteiger partial charge in [-0.1, -0.05) is 12.1 Å². The molecule has 1 aromatic carbocycles. The van der Waals surface area contributed by atoms with Gasteiger partial charge in [0.15, 0.2) is 15.8 Å². The van der Waals surface area contributed by atoms with Crippen molar-refractivity contribution in [3.8, 4) is 0 Å². The summed E-state index contributed by atoms with van der Waals surface area (Å²) in [6, 6.07) is 5.43. The van der Waals surface area contributed by atoms with E-state index in [4.69, 9.17) is 4.98 Å². The first kappa shape index (κ1) is 21.7. The number of guanidine groups is 1. The zero-order valence-corrected chi connectivity index (χ0v) is 18.5. The number of nitrogens with zero attached hydrogens (tertiary/aromatic N) is 3. The number of rotatable bonds is 7. The van der Waals surface area contributed by atoms with Crippen molar-refractivity contribution in [3.05, 3.63) is 45.7 Å². The van der Waals surface area contributed by atoms with Gasteiger partial charge in [0.25, 0.3) is 0 Å². The van der Waals surface area contributed by atoms with Crippen LogP contribution in [0.3, 0.4) is 0 Å². The van der Waals surface area contributed by atoms with Gasteiger partial charge in [0.05, 0.1) is 24.5 Å². The minimum absolute atomic E-state index is 0.0533. The van der Waals surface area contributed by atoms with E-state index in [1.54, 1.807) is 11.3 Å². The molecule has 6 nitrogen and oxygen atoms in total. The molecular weight excluding hydrogens is 411 g/mol. The van der Waals surface area contributed by atoms with Crippen LogP contribution in [0.5, 0.6) is 0 Å². The van der Waals surface area contributed by atoms with Gasteiger partial charge in [0, 0.05) is 18.5 Å². The fourth-order valence-corrected chi connectivity index (χ4v) is 5.71. The number of halogens is 1. The highest BCUT2D eigenvalue weighted by molar-refractivity contribution is 7.91. The molecule has 0 spiro atoms. The number of aliphatic imine (C=N–C) groups is 1. The summed E-state index contributed by atoms with van der Waals surface area (Å²) in [4.78, 5) is 12.3. The number of hydrogen-bond acceptors (Lipinski definition) is 5. The monoisotopic (exact) mass is 438 g/mol. The molecule has 1 aromatic heterocycles. The highest BCUT2D eigenvalue weighted by Gasteiger charge is 2.19. The second-order valence-electron chi connectivity index (χ2n) is 7.03. The fraction of sp³-hybridized carbons (Fsp3) is 0.500. The van der Waals surface area contributed by atoms with E-state index in [9.17, 15) is 12.8 Å². The van der Waals surface area contributed by atoms with Crippen molar-refractivity contribution in [1.29, 1.82) is 0 Å². The minimum Gasteiger partial charge on any atom is -0.357 e. The third-order valence-electron chi connectivity index (χ3n) is 4.75. The lowest BCUT2D eigenvalue weighted by Crippen LogP contribution is -2.38. The quantitative estimate of drug-likeness (QED) is 0.531. The van der Waals surface area contributed by atoms with Gasteiger partial charge in [-0.3, -0.25) is 4.99 Å². The van der Waals surface area contributed by atoms with Crippen LogP contribution in [-0.2, 0) is 29.2 Å². The van der Waals surface area contributed by atoms with Crippen LogP contribution in [0.1, 0.15) is 35.3 Å². The molecule has 0 amide bonds. The fourth-order valence-electron chi connectivity index (χ4n) is 3.30. The predicted molar refractivity (Wildman–Crippen MR) is 115 cm³/mol. The second kappa shape index (κ2) is 9.67. The summed E-state index contributed by atoms with van der Waals surface area (Å²) in [5, 5.41) is 4.23. The summed E-state index contributed by atoms with van der Waals surface area (Å²) in [6.45, 7) is 3.29. The summed E-state index contributed by atoms with van der Waals surface area (Å²) < 4.78 is 38.6. The molecule has 0 radical (unpaired) electrons. The van der Waals surface area contributed by atoms with Crippen molar-refractivity contribution in [1.82, 2.24) is 15.2 Å². The van der Waals surface area contributed by atoms with Crippen molar-refractivity contribution in [2.75, 3.05) is 25.9 Å². The predicted octanol–water partition coefficient (Wildman–Crippen LogP) is 3.03. The molecule has 0 bridgehead atoms. The first-order chi connectivity index (χ1) is 13.9. The van der Waals surface area contributed by atoms with Crippen molar-refractivity contribution in [3.63, 3.8) is 0 Å². The molecule has 1 N–H and O–H groups in total. The van der Waals surface area contributed by atoms with Crippen LogP contribution in [0.4, 0.5) is 4.39 Å². The molecule has 0 fully saturated rings. The SMILES string of the molecule is CCNC(=NCCS(=O)(=O)c1ccccc1F)N(C)Cc1nc2c(s1)CCCC2. The van der Waals surface area contributed by atoms with E-state index in [2.05, 4.69) is 10.3 Å². The Labute approximate surface area is 175 Å². The number of sulfone groups is 1. The smallest absolute Gasteiger partial charge is 0.194 e. The molecule has 0 atom stereocenters. The number of aryl methyl sites for hydroxylation is 2. The zero-order chi connectivity index (χ0) is 20.9. The molecule has 0 saturated heterocycles. The first-order valence-electron chi connectivity index (χ1n) is 9.85. The lowest BCUT2D eigenvalue weighted by molar-refractivity contribution is 0.475. The Hall–Kier alpha value is -2.00. The van der Waals surface area contributed by atoms with E-state index in [1.165, 1.54) is 41.6 Å². The van der Waals surface area contributed by atoms with Crippen molar-refractivity contribution in [2.45, 2.75) is 44.0 Å². The Kier molecular flexibility index (Phi) is 7.23. The highest BCUT2D eigenvalue weighted by Crippen LogP contribution is 2.27. The third kappa shape index (κ3) is 5.54. The molecule has 1 aliphatic rings. The number of hydrogen-bond donors (Lipinski definition) is 1. The van der Waals surface area contributed by atoms with Gasteiger partial charge in [-0.05, 0) is 44.7 Å². The Bertz CT molecular complexity index is 949. The lowest BCUT2D eigenvalue weighted by atomic mass is 10.0. The zero-order valence-electron chi connectivity index (χ0n) is 16.8. The lowest BCUT2D eigenvalue weighted by Gasteiger charge is -2.21. The van der Waals surface area contributed by atoms with E-state index in [0.29, 0.717) is 19.0 Å². The Morgan fingerprint density at radius 2 is 2.07 bits per heavy atom. The van der Waals surface area contributed by atoms with Crippen LogP contribution >= 0.6 is 11.3 Å². The maximum Gasteiger partial charge on any atom is 0.194 e. The van der Waals surface area contributed by atoms with E-state index < -0.39 is 15.7 Å².